The summed E-state index contributed by atoms with van der Waals surface area (Å²) < 4.78 is 28.7. The summed E-state index contributed by atoms with van der Waals surface area (Å²) >= 11 is 12.8. The Morgan fingerprint density at radius 3 is 2.10 bits per heavy atom. The third-order valence-corrected chi connectivity index (χ3v) is 9.13. The summed E-state index contributed by atoms with van der Waals surface area (Å²) in [6.45, 7) is 5.48. The molecule has 7 nitrogen and oxygen atoms in total. The summed E-state index contributed by atoms with van der Waals surface area (Å²) in [5, 5.41) is 3.54. The number of benzene rings is 3. The molecule has 10 heteroatoms. The third kappa shape index (κ3) is 7.77. The number of nitrogens with one attached hydrogen (secondary N) is 1. The lowest BCUT2D eigenvalue weighted by molar-refractivity contribution is -0.139. The number of aryl methyl sites for hydroxylation is 1. The number of sulfonamides is 1. The molecule has 0 aliphatic carbocycles. The summed E-state index contributed by atoms with van der Waals surface area (Å²) in [7, 11) is -4.12. The fourth-order valence-corrected chi connectivity index (χ4v) is 6.07. The Morgan fingerprint density at radius 1 is 0.900 bits per heavy atom. The third-order valence-electron chi connectivity index (χ3n) is 6.63. The summed E-state index contributed by atoms with van der Waals surface area (Å²) in [5.74, 6) is -0.928. The highest BCUT2D eigenvalue weighted by atomic mass is 35.5. The number of carbonyl (C=O) groups is 2. The van der Waals surface area contributed by atoms with Crippen LogP contribution in [-0.2, 0) is 32.6 Å². The second-order valence-corrected chi connectivity index (χ2v) is 12.1. The Morgan fingerprint density at radius 2 is 1.52 bits per heavy atom. The SMILES string of the molecule is CCCCNC(=O)[C@H](C)N(Cc1c(Cl)cccc1Cl)C(=O)CN(c1ccc(CC)cc1)S(=O)(=O)c1ccccc1. The molecule has 0 heterocycles. The van der Waals surface area contributed by atoms with Gasteiger partial charge in [-0.1, -0.05) is 79.9 Å². The molecule has 0 fully saturated rings. The maximum atomic E-state index is 14.0. The van der Waals surface area contributed by atoms with E-state index in [4.69, 9.17) is 23.2 Å². The molecule has 0 unspecified atom stereocenters. The lowest BCUT2D eigenvalue weighted by Crippen LogP contribution is -2.51. The van der Waals surface area contributed by atoms with E-state index in [1.165, 1.54) is 17.0 Å². The average molecular weight is 605 g/mol. The minimum absolute atomic E-state index is 0.0495. The summed E-state index contributed by atoms with van der Waals surface area (Å²) in [6, 6.07) is 19.0. The van der Waals surface area contributed by atoms with Gasteiger partial charge < -0.3 is 10.2 Å². The van der Waals surface area contributed by atoms with Gasteiger partial charge in [0.05, 0.1) is 10.6 Å². The van der Waals surface area contributed by atoms with Crippen LogP contribution < -0.4 is 9.62 Å². The van der Waals surface area contributed by atoms with Crippen molar-refractivity contribution in [3.8, 4) is 0 Å². The second-order valence-electron chi connectivity index (χ2n) is 9.39. The van der Waals surface area contributed by atoms with Crippen LogP contribution in [0.3, 0.4) is 0 Å². The summed E-state index contributed by atoms with van der Waals surface area (Å²) in [5.41, 5.74) is 1.84. The van der Waals surface area contributed by atoms with E-state index in [-0.39, 0.29) is 17.3 Å². The zero-order chi connectivity index (χ0) is 29.3. The highest BCUT2D eigenvalue weighted by molar-refractivity contribution is 7.92. The van der Waals surface area contributed by atoms with Crippen molar-refractivity contribution in [3.63, 3.8) is 0 Å². The molecule has 0 saturated heterocycles. The molecule has 3 rings (SSSR count). The number of anilines is 1. The van der Waals surface area contributed by atoms with Crippen molar-refractivity contribution in [2.24, 2.45) is 0 Å². The zero-order valence-corrected chi connectivity index (χ0v) is 25.3. The zero-order valence-electron chi connectivity index (χ0n) is 22.9. The van der Waals surface area contributed by atoms with E-state index >= 15 is 0 Å². The van der Waals surface area contributed by atoms with Gasteiger partial charge in [0, 0.05) is 28.7 Å². The van der Waals surface area contributed by atoms with Crippen molar-refractivity contribution in [3.05, 3.63) is 94.0 Å². The van der Waals surface area contributed by atoms with Crippen molar-refractivity contribution >= 4 is 50.7 Å². The number of amides is 2. The molecular weight excluding hydrogens is 569 g/mol. The molecule has 0 aliphatic rings. The summed E-state index contributed by atoms with van der Waals surface area (Å²) in [6.07, 6.45) is 2.47. The molecule has 0 bridgehead atoms. The Labute approximate surface area is 247 Å². The minimum Gasteiger partial charge on any atom is -0.354 e. The molecule has 1 atom stereocenters. The standard InChI is InChI=1S/C30H35Cl2N3O4S/c1-4-6-19-33-30(37)22(3)34(20-26-27(31)13-10-14-28(26)32)29(36)21-35(24-17-15-23(5-2)16-18-24)40(38,39)25-11-8-7-9-12-25/h7-18,22H,4-6,19-21H2,1-3H3,(H,33,37)/t22-/m0/s1. The molecule has 1 N–H and O–H groups in total. The fourth-order valence-electron chi connectivity index (χ4n) is 4.12. The first-order chi connectivity index (χ1) is 19.1. The first-order valence-corrected chi connectivity index (χ1v) is 15.5. The number of rotatable bonds is 13. The molecular formula is C30H35Cl2N3O4S. The van der Waals surface area contributed by atoms with Crippen LogP contribution in [-0.4, -0.2) is 44.3 Å². The highest BCUT2D eigenvalue weighted by Gasteiger charge is 2.33. The van der Waals surface area contributed by atoms with E-state index in [0.29, 0.717) is 27.8 Å². The first kappa shape index (κ1) is 31.5. The van der Waals surface area contributed by atoms with Gasteiger partial charge in [-0.3, -0.25) is 13.9 Å². The number of hydrogen-bond donors (Lipinski definition) is 1. The van der Waals surface area contributed by atoms with E-state index < -0.39 is 28.5 Å². The second kappa shape index (κ2) is 14.5. The van der Waals surface area contributed by atoms with Gasteiger partial charge in [0.1, 0.15) is 12.6 Å². The van der Waals surface area contributed by atoms with Gasteiger partial charge in [-0.25, -0.2) is 8.42 Å². The maximum Gasteiger partial charge on any atom is 0.264 e. The lowest BCUT2D eigenvalue weighted by Gasteiger charge is -2.32. The predicted molar refractivity (Wildman–Crippen MR) is 161 cm³/mol. The van der Waals surface area contributed by atoms with E-state index in [9.17, 15) is 18.0 Å². The smallest absolute Gasteiger partial charge is 0.264 e. The molecule has 0 aromatic heterocycles. The largest absolute Gasteiger partial charge is 0.354 e. The normalized spacial score (nSPS) is 12.0. The van der Waals surface area contributed by atoms with E-state index in [0.717, 1.165) is 29.1 Å². The minimum atomic E-state index is -4.12. The van der Waals surface area contributed by atoms with Crippen molar-refractivity contribution in [1.29, 1.82) is 0 Å². The first-order valence-electron chi connectivity index (χ1n) is 13.3. The number of unbranched alkanes of at least 4 members (excludes halogenated alkanes) is 1. The number of carbonyl (C=O) groups excluding carboxylic acids is 2. The van der Waals surface area contributed by atoms with Crippen molar-refractivity contribution in [2.45, 2.75) is 57.5 Å². The number of nitrogens with zero attached hydrogens (tertiary/aromatic N) is 2. The van der Waals surface area contributed by atoms with Gasteiger partial charge in [-0.15, -0.1) is 0 Å². The van der Waals surface area contributed by atoms with Crippen molar-refractivity contribution in [1.82, 2.24) is 10.2 Å². The summed E-state index contributed by atoms with van der Waals surface area (Å²) in [4.78, 5) is 28.4. The molecule has 0 radical (unpaired) electrons. The van der Waals surface area contributed by atoms with Gasteiger partial charge in [0.15, 0.2) is 0 Å². The molecule has 2 amide bonds. The molecule has 0 aliphatic heterocycles. The van der Waals surface area contributed by atoms with Gasteiger partial charge in [-0.05, 0) is 61.7 Å². The molecule has 3 aromatic carbocycles. The Hall–Kier alpha value is -3.07. The molecule has 0 saturated carbocycles. The molecule has 0 spiro atoms. The van der Waals surface area contributed by atoms with Crippen LogP contribution in [0, 0.1) is 0 Å². The van der Waals surface area contributed by atoms with Crippen LogP contribution in [0.5, 0.6) is 0 Å². The van der Waals surface area contributed by atoms with Crippen LogP contribution >= 0.6 is 23.2 Å². The fraction of sp³-hybridized carbons (Fsp3) is 0.333. The van der Waals surface area contributed by atoms with Crippen LogP contribution in [0.1, 0.15) is 44.7 Å². The van der Waals surface area contributed by atoms with Crippen LogP contribution in [0.2, 0.25) is 10.0 Å². The average Bonchev–Trinajstić information content (AvgIpc) is 2.96. The van der Waals surface area contributed by atoms with E-state index in [2.05, 4.69) is 5.32 Å². The van der Waals surface area contributed by atoms with E-state index in [1.54, 1.807) is 55.5 Å². The maximum absolute atomic E-state index is 14.0. The molecule has 214 valence electrons. The van der Waals surface area contributed by atoms with Gasteiger partial charge in [0.25, 0.3) is 10.0 Å². The van der Waals surface area contributed by atoms with Crippen LogP contribution in [0.15, 0.2) is 77.7 Å². The Balaban J connectivity index is 2.03. The Kier molecular flexibility index (Phi) is 11.4. The predicted octanol–water partition coefficient (Wildman–Crippen LogP) is 6.08. The lowest BCUT2D eigenvalue weighted by atomic mass is 10.1. The van der Waals surface area contributed by atoms with Gasteiger partial charge in [0.2, 0.25) is 11.8 Å². The highest BCUT2D eigenvalue weighted by Crippen LogP contribution is 2.28. The van der Waals surface area contributed by atoms with Crippen molar-refractivity contribution < 1.29 is 18.0 Å². The topological polar surface area (TPSA) is 86.8 Å². The quantitative estimate of drug-likeness (QED) is 0.240. The van der Waals surface area contributed by atoms with E-state index in [1.807, 2.05) is 26.0 Å². The van der Waals surface area contributed by atoms with Crippen LogP contribution in [0.25, 0.3) is 0 Å². The monoisotopic (exact) mass is 603 g/mol. The Bertz CT molecular complexity index is 1380. The molecule has 40 heavy (non-hydrogen) atoms. The van der Waals surface area contributed by atoms with Gasteiger partial charge >= 0.3 is 0 Å². The van der Waals surface area contributed by atoms with Crippen LogP contribution in [0.4, 0.5) is 5.69 Å². The van der Waals surface area contributed by atoms with Crippen molar-refractivity contribution in [2.75, 3.05) is 17.4 Å². The van der Waals surface area contributed by atoms with Gasteiger partial charge in [-0.2, -0.15) is 0 Å². The number of halogens is 2. The molecule has 3 aromatic rings. The number of hydrogen-bond acceptors (Lipinski definition) is 4.